The molecule has 0 aromatic heterocycles. The topological polar surface area (TPSA) is 225 Å². The van der Waals surface area contributed by atoms with Crippen molar-refractivity contribution in [3.05, 3.63) is 203 Å². The van der Waals surface area contributed by atoms with Gasteiger partial charge in [-0.15, -0.1) is 0 Å². The highest BCUT2D eigenvalue weighted by Crippen LogP contribution is 2.40. The summed E-state index contributed by atoms with van der Waals surface area (Å²) in [6.07, 6.45) is 4.20. The quantitative estimate of drug-likeness (QED) is 0.0417. The van der Waals surface area contributed by atoms with Crippen LogP contribution in [0.15, 0.2) is 170 Å². The van der Waals surface area contributed by atoms with Crippen molar-refractivity contribution in [2.24, 2.45) is 0 Å². The van der Waals surface area contributed by atoms with Crippen LogP contribution in [0.5, 0.6) is 11.5 Å². The SMILES string of the molecule is CC(C)(C)OC(=O)N1Cc2ccccc2C1CCC[SiH3].CC(C)(C)OC(=O)N1Cc2ccccc2C1CC[SiH3].CN(C(=O)OC(C)(C)C)c1ccc(CC[SiH3])cc1.CN(C(=O)OC(C)(C)C)c1ccc(C[SiH3])cc1.CN(C(=O)OC(C)(C)C)c1ccc(OCCC[SiH3])cc1.CN(C(=O)OC(C)(C)C)c1ccc(OC[SiH3])cc1.CN(C(=O)OC(C)(C)C)c1ccc([SiH3])cc1. The highest BCUT2D eigenvalue weighted by atomic mass is 28.2. The standard InChI is InChI=1S/C16H25NO2Si.C15H25NO3Si.C15H23NO2Si.C14H23NO2Si.C13H21NO3Si.C13H21NO2Si.C12H19NO2Si/c1-16(2,3)19-15(18)17-11-12-7-4-5-8-13(12)14(17)9-6-10-20;1-15(2,3)19-14(17)16(4)12-6-8-13(9-7-12)18-10-5-11-20;1-15(2,3)18-14(17)16-10-11-6-4-5-7-12(11)13(16)8-9-19;1-14(2,3)17-13(16)15(4)12-7-5-11(6-8-12)9-10-18;1-13(2,3)17-12(15)14(4)10-5-7-11(8-6-10)16-9-18;1-13(2,3)16-12(15)14(4)11-7-5-10(9-17)6-8-11;1-12(2,3)15-11(14)13(4)9-5-7-10(16)8-6-9/h4-5,7-8,14H,6,9-11H2,1-3,20H3;6-9H,5,10-11H2,1-4,20H3;4-7,13H,8-10H2,1-3,19H3;5-8H,9-10H2,1-4,18H3;5-8H,9H2,1-4,18H3;5-8H,9H2,1-4,17H3;5-8H,1-4,16H3. The Hall–Kier alpha value is -9.45. The summed E-state index contributed by atoms with van der Waals surface area (Å²) in [5, 5.41) is 1.31. The number of hydrogen-bond donors (Lipinski definition) is 0. The van der Waals surface area contributed by atoms with E-state index in [9.17, 15) is 33.6 Å². The number of benzene rings is 7. The summed E-state index contributed by atoms with van der Waals surface area (Å²) < 4.78 is 48.6. The second-order valence-electron chi connectivity index (χ2n) is 38.7. The van der Waals surface area contributed by atoms with Gasteiger partial charge < -0.3 is 42.6 Å². The molecule has 23 nitrogen and oxygen atoms in total. The van der Waals surface area contributed by atoms with Gasteiger partial charge in [0.15, 0.2) is 0 Å². The van der Waals surface area contributed by atoms with E-state index in [0.29, 0.717) is 13.1 Å². The van der Waals surface area contributed by atoms with Crippen LogP contribution >= 0.6 is 0 Å². The fourth-order valence-electron chi connectivity index (χ4n) is 12.4. The van der Waals surface area contributed by atoms with Crippen LogP contribution in [0, 0.1) is 0 Å². The van der Waals surface area contributed by atoms with E-state index in [0.717, 1.165) is 115 Å². The van der Waals surface area contributed by atoms with E-state index in [-0.39, 0.29) is 54.7 Å². The summed E-state index contributed by atoms with van der Waals surface area (Å²) in [5.41, 5.74) is 8.69. The summed E-state index contributed by atoms with van der Waals surface area (Å²) in [4.78, 5) is 95.3. The van der Waals surface area contributed by atoms with Crippen molar-refractivity contribution in [2.45, 2.75) is 272 Å². The minimum atomic E-state index is -0.488. The number of aryl methyl sites for hydroxylation is 1. The molecule has 2 heterocycles. The number of carbonyl (C=O) groups is 7. The predicted octanol–water partition coefficient (Wildman–Crippen LogP) is 15.4. The third-order valence-corrected chi connectivity index (χ3v) is 23.1. The lowest BCUT2D eigenvalue weighted by atomic mass is 10.0. The molecule has 0 spiro atoms. The number of carbonyl (C=O) groups excluding carboxylic acids is 7. The lowest BCUT2D eigenvalue weighted by molar-refractivity contribution is 0.0156. The molecule has 9 rings (SSSR count). The maximum Gasteiger partial charge on any atom is 0.414 e. The summed E-state index contributed by atoms with van der Waals surface area (Å²) in [7, 11) is 16.6. The molecule has 2 aliphatic heterocycles. The molecule has 0 saturated heterocycles. The zero-order valence-electron chi connectivity index (χ0n) is 83.9. The van der Waals surface area contributed by atoms with Crippen LogP contribution in [0.3, 0.4) is 0 Å². The molecule has 7 amide bonds. The molecule has 0 radical (unpaired) electrons. The Morgan fingerprint density at radius 2 is 0.609 bits per heavy atom. The van der Waals surface area contributed by atoms with Gasteiger partial charge in [0.25, 0.3) is 0 Å². The van der Waals surface area contributed by atoms with Crippen LogP contribution in [-0.2, 0) is 58.7 Å². The lowest BCUT2D eigenvalue weighted by Crippen LogP contribution is -2.35. The first kappa shape index (κ1) is 113. The number of nitrogens with zero attached hydrogens (tertiary/aromatic N) is 7. The van der Waals surface area contributed by atoms with E-state index in [1.54, 1.807) is 35.2 Å². The second-order valence-corrected chi connectivity index (χ2v) is 45.1. The van der Waals surface area contributed by atoms with Gasteiger partial charge in [-0.25, -0.2) is 33.6 Å². The molecule has 0 bridgehead atoms. The maximum absolute atomic E-state index is 12.4. The normalized spacial score (nSPS) is 13.4. The Labute approximate surface area is 788 Å². The minimum Gasteiger partial charge on any atom is -0.498 e. The van der Waals surface area contributed by atoms with Gasteiger partial charge in [0, 0.05) is 138 Å². The molecule has 0 fully saturated rings. The van der Waals surface area contributed by atoms with Crippen molar-refractivity contribution < 1.29 is 76.2 Å². The number of anilines is 5. The van der Waals surface area contributed by atoms with Gasteiger partial charge in [-0.3, -0.25) is 34.3 Å². The molecular formula is C98H157N7O16Si7. The van der Waals surface area contributed by atoms with Gasteiger partial charge in [-0.2, -0.15) is 0 Å². The Balaban J connectivity index is 0.000000386. The number of rotatable bonds is 19. The monoisotopic (exact) mass is 1880 g/mol. The molecule has 0 N–H and O–H groups in total. The zero-order chi connectivity index (χ0) is 96.9. The van der Waals surface area contributed by atoms with Gasteiger partial charge in [0.2, 0.25) is 0 Å². The minimum absolute atomic E-state index is 0.188. The molecule has 708 valence electrons. The van der Waals surface area contributed by atoms with E-state index in [2.05, 4.69) is 60.7 Å². The van der Waals surface area contributed by atoms with Crippen LogP contribution in [0.25, 0.3) is 0 Å². The summed E-state index contributed by atoms with van der Waals surface area (Å²) in [5.74, 6) is 1.66. The summed E-state index contributed by atoms with van der Waals surface area (Å²) >= 11 is 0. The first-order valence-corrected chi connectivity index (χ1v) is 54.6. The predicted molar refractivity (Wildman–Crippen MR) is 553 cm³/mol. The highest BCUT2D eigenvalue weighted by Gasteiger charge is 2.38. The van der Waals surface area contributed by atoms with E-state index in [4.69, 9.17) is 42.6 Å². The van der Waals surface area contributed by atoms with Crippen LogP contribution in [0.4, 0.5) is 62.0 Å². The van der Waals surface area contributed by atoms with E-state index in [1.165, 1.54) is 135 Å². The van der Waals surface area contributed by atoms with Crippen molar-refractivity contribution in [1.82, 2.24) is 9.80 Å². The van der Waals surface area contributed by atoms with Crippen molar-refractivity contribution in [3.8, 4) is 11.5 Å². The zero-order valence-corrected chi connectivity index (χ0v) is 97.9. The van der Waals surface area contributed by atoms with Crippen LogP contribution in [0.2, 0.25) is 24.2 Å². The van der Waals surface area contributed by atoms with Crippen molar-refractivity contribution in [2.75, 3.05) is 72.6 Å². The van der Waals surface area contributed by atoms with Crippen LogP contribution < -0.4 is 39.2 Å². The van der Waals surface area contributed by atoms with Crippen molar-refractivity contribution in [3.63, 3.8) is 0 Å². The number of hydrogen-bond acceptors (Lipinski definition) is 16. The first-order chi connectivity index (χ1) is 59.5. The van der Waals surface area contributed by atoms with Gasteiger partial charge >= 0.3 is 42.7 Å². The average molecular weight is 1890 g/mol. The fourth-order valence-corrected chi connectivity index (χ4v) is 15.3. The molecular weight excluding hydrogens is 1730 g/mol. The Bertz CT molecular complexity index is 4440. The van der Waals surface area contributed by atoms with Crippen molar-refractivity contribution in [1.29, 1.82) is 0 Å². The van der Waals surface area contributed by atoms with E-state index >= 15 is 0 Å². The summed E-state index contributed by atoms with van der Waals surface area (Å²) in [6, 6.07) is 62.2. The van der Waals surface area contributed by atoms with Crippen molar-refractivity contribution >= 4 is 148 Å². The summed E-state index contributed by atoms with van der Waals surface area (Å²) in [6.45, 7) is 41.5. The number of ether oxygens (including phenoxy) is 9. The number of fused-ring (bicyclic) bond motifs is 2. The molecule has 2 unspecified atom stereocenters. The lowest BCUT2D eigenvalue weighted by Gasteiger charge is -2.29. The van der Waals surface area contributed by atoms with Gasteiger partial charge in [0.1, 0.15) is 50.7 Å². The van der Waals surface area contributed by atoms with Gasteiger partial charge in [-0.1, -0.05) is 126 Å². The Morgan fingerprint density at radius 3 is 0.891 bits per heavy atom. The largest absolute Gasteiger partial charge is 0.498 e. The number of amides is 7. The Kier molecular flexibility index (Phi) is 46.7. The molecule has 2 aliphatic rings. The molecule has 0 saturated carbocycles. The Morgan fingerprint density at radius 1 is 0.328 bits per heavy atom. The van der Waals surface area contributed by atoms with Crippen LogP contribution in [0.1, 0.15) is 217 Å². The van der Waals surface area contributed by atoms with Crippen LogP contribution in [-0.4, -0.2) is 211 Å². The molecule has 7 aromatic rings. The average Bonchev–Trinajstić information content (AvgIpc) is 1.65. The third-order valence-electron chi connectivity index (χ3n) is 18.8. The first-order valence-electron chi connectivity index (χ1n) is 45.2. The second kappa shape index (κ2) is 53.0. The third kappa shape index (κ3) is 43.3. The van der Waals surface area contributed by atoms with E-state index < -0.39 is 39.2 Å². The van der Waals surface area contributed by atoms with Gasteiger partial charge in [0.05, 0.1) is 35.2 Å². The smallest absolute Gasteiger partial charge is 0.414 e. The maximum atomic E-state index is 12.4. The highest BCUT2D eigenvalue weighted by molar-refractivity contribution is 6.32. The van der Waals surface area contributed by atoms with Gasteiger partial charge in [-0.05, 0) is 290 Å². The molecule has 7 aromatic carbocycles. The molecule has 30 heteroatoms. The molecule has 2 atom stereocenters. The molecule has 0 aliphatic carbocycles. The van der Waals surface area contributed by atoms with E-state index in [1.807, 2.05) is 264 Å². The fraction of sp³-hybridized carbons (Fsp3) is 0.500. The molecule has 128 heavy (non-hydrogen) atoms.